The highest BCUT2D eigenvalue weighted by Gasteiger charge is 2.33. The highest BCUT2D eigenvalue weighted by Crippen LogP contribution is 2.27. The van der Waals surface area contributed by atoms with Crippen molar-refractivity contribution in [1.82, 2.24) is 0 Å². The zero-order valence-electron chi connectivity index (χ0n) is 11.6. The third-order valence-corrected chi connectivity index (χ3v) is 4.71. The zero-order valence-corrected chi connectivity index (χ0v) is 13.2. The highest BCUT2D eigenvalue weighted by molar-refractivity contribution is 8.13. The fraction of sp³-hybridized carbons (Fsp3) is 0.429. The van der Waals surface area contributed by atoms with Gasteiger partial charge in [0.25, 0.3) is 0 Å². The summed E-state index contributed by atoms with van der Waals surface area (Å²) in [6.07, 6.45) is 0.596. The number of benzene rings is 1. The van der Waals surface area contributed by atoms with E-state index in [0.717, 1.165) is 0 Å². The van der Waals surface area contributed by atoms with E-state index in [9.17, 15) is 18.0 Å². The molecular formula is C14H16ClNO4S. The number of hydrogen-bond donors (Lipinski definition) is 0. The van der Waals surface area contributed by atoms with E-state index in [1.54, 1.807) is 31.2 Å². The van der Waals surface area contributed by atoms with E-state index >= 15 is 0 Å². The second-order valence-corrected chi connectivity index (χ2v) is 7.93. The first-order valence-corrected chi connectivity index (χ1v) is 9.14. The summed E-state index contributed by atoms with van der Waals surface area (Å²) in [5, 5.41) is 0. The van der Waals surface area contributed by atoms with E-state index < -0.39 is 9.05 Å². The second kappa shape index (κ2) is 6.15. The minimum atomic E-state index is -3.61. The van der Waals surface area contributed by atoms with Gasteiger partial charge in [-0.2, -0.15) is 0 Å². The topological polar surface area (TPSA) is 71.5 Å². The van der Waals surface area contributed by atoms with E-state index in [-0.39, 0.29) is 29.8 Å². The summed E-state index contributed by atoms with van der Waals surface area (Å²) in [6.45, 7) is 2.11. The van der Waals surface area contributed by atoms with Gasteiger partial charge in [0.2, 0.25) is 15.0 Å². The van der Waals surface area contributed by atoms with E-state index in [1.807, 2.05) is 0 Å². The van der Waals surface area contributed by atoms with Crippen LogP contribution in [-0.2, 0) is 13.8 Å². The number of amides is 1. The predicted octanol–water partition coefficient (Wildman–Crippen LogP) is 2.20. The van der Waals surface area contributed by atoms with Crippen molar-refractivity contribution in [3.8, 4) is 0 Å². The molecule has 0 bridgehead atoms. The average Bonchev–Trinajstić information content (AvgIpc) is 2.76. The van der Waals surface area contributed by atoms with E-state index in [4.69, 9.17) is 10.7 Å². The highest BCUT2D eigenvalue weighted by atomic mass is 35.7. The standard InChI is InChI=1S/C14H16ClNO4S/c1-2-13(17)11-3-5-12(6-4-11)16-8-10(7-14(16)18)9-21(15,19)20/h3-6,10H,2,7-9H2,1H3. The number of halogens is 1. The molecule has 1 aliphatic rings. The van der Waals surface area contributed by atoms with Crippen LogP contribution in [0.4, 0.5) is 5.69 Å². The van der Waals surface area contributed by atoms with Crippen molar-refractivity contribution in [3.63, 3.8) is 0 Å². The molecule has 1 saturated heterocycles. The van der Waals surface area contributed by atoms with Gasteiger partial charge < -0.3 is 4.90 Å². The van der Waals surface area contributed by atoms with Gasteiger partial charge >= 0.3 is 0 Å². The van der Waals surface area contributed by atoms with Crippen LogP contribution in [0.2, 0.25) is 0 Å². The molecule has 2 rings (SSSR count). The lowest BCUT2D eigenvalue weighted by Crippen LogP contribution is -2.25. The van der Waals surface area contributed by atoms with Crippen molar-refractivity contribution in [2.24, 2.45) is 5.92 Å². The van der Waals surface area contributed by atoms with Gasteiger partial charge in [-0.15, -0.1) is 0 Å². The normalized spacial score (nSPS) is 19.0. The first kappa shape index (κ1) is 16.0. The van der Waals surface area contributed by atoms with Crippen LogP contribution < -0.4 is 4.90 Å². The number of Topliss-reactive ketones (excluding diaryl/α,β-unsaturated/α-hetero) is 1. The number of anilines is 1. The molecule has 1 amide bonds. The molecule has 1 heterocycles. The lowest BCUT2D eigenvalue weighted by atomic mass is 10.1. The summed E-state index contributed by atoms with van der Waals surface area (Å²) in [7, 11) is 1.62. The molecular weight excluding hydrogens is 314 g/mol. The molecule has 0 aliphatic carbocycles. The third-order valence-electron chi connectivity index (χ3n) is 3.46. The zero-order chi connectivity index (χ0) is 15.6. The Kier molecular flexibility index (Phi) is 4.68. The number of hydrogen-bond acceptors (Lipinski definition) is 4. The van der Waals surface area contributed by atoms with Crippen molar-refractivity contribution in [3.05, 3.63) is 29.8 Å². The summed E-state index contributed by atoms with van der Waals surface area (Å²) in [5.41, 5.74) is 1.27. The van der Waals surface area contributed by atoms with Gasteiger partial charge in [-0.25, -0.2) is 8.42 Å². The molecule has 21 heavy (non-hydrogen) atoms. The molecule has 1 aliphatic heterocycles. The Morgan fingerprint density at radius 2 is 1.95 bits per heavy atom. The summed E-state index contributed by atoms with van der Waals surface area (Å²) in [5.74, 6) is -0.587. The van der Waals surface area contributed by atoms with Crippen LogP contribution in [0, 0.1) is 5.92 Å². The van der Waals surface area contributed by atoms with Gasteiger partial charge in [-0.1, -0.05) is 6.92 Å². The van der Waals surface area contributed by atoms with Crippen LogP contribution in [0.25, 0.3) is 0 Å². The summed E-state index contributed by atoms with van der Waals surface area (Å²) >= 11 is 0. The van der Waals surface area contributed by atoms with Gasteiger partial charge in [0.05, 0.1) is 5.75 Å². The fourth-order valence-corrected chi connectivity index (χ4v) is 3.78. The lowest BCUT2D eigenvalue weighted by molar-refractivity contribution is -0.117. The molecule has 0 aromatic heterocycles. The Balaban J connectivity index is 2.12. The number of carbonyl (C=O) groups is 2. The Bertz CT molecular complexity index is 654. The van der Waals surface area contributed by atoms with Crippen molar-refractivity contribution in [2.45, 2.75) is 19.8 Å². The largest absolute Gasteiger partial charge is 0.312 e. The molecule has 7 heteroatoms. The summed E-state index contributed by atoms with van der Waals surface area (Å²) in [4.78, 5) is 25.1. The number of carbonyl (C=O) groups excluding carboxylic acids is 2. The third kappa shape index (κ3) is 4.04. The SMILES string of the molecule is CCC(=O)c1ccc(N2CC(CS(=O)(=O)Cl)CC2=O)cc1. The van der Waals surface area contributed by atoms with Gasteiger partial charge in [0, 0.05) is 47.2 Å². The molecule has 1 unspecified atom stereocenters. The lowest BCUT2D eigenvalue weighted by Gasteiger charge is -2.16. The maximum atomic E-state index is 12.0. The van der Waals surface area contributed by atoms with Crippen LogP contribution in [0.5, 0.6) is 0 Å². The average molecular weight is 330 g/mol. The number of ketones is 1. The van der Waals surface area contributed by atoms with Crippen LogP contribution in [0.3, 0.4) is 0 Å². The van der Waals surface area contributed by atoms with Gasteiger partial charge in [0.1, 0.15) is 0 Å². The molecule has 114 valence electrons. The quantitative estimate of drug-likeness (QED) is 0.613. The van der Waals surface area contributed by atoms with Crippen LogP contribution in [0.15, 0.2) is 24.3 Å². The van der Waals surface area contributed by atoms with Crippen molar-refractivity contribution < 1.29 is 18.0 Å². The van der Waals surface area contributed by atoms with E-state index in [2.05, 4.69) is 0 Å². The maximum absolute atomic E-state index is 12.0. The predicted molar refractivity (Wildman–Crippen MR) is 81.2 cm³/mol. The maximum Gasteiger partial charge on any atom is 0.232 e. The smallest absolute Gasteiger partial charge is 0.232 e. The molecule has 0 N–H and O–H groups in total. The molecule has 1 aromatic carbocycles. The minimum Gasteiger partial charge on any atom is -0.312 e. The van der Waals surface area contributed by atoms with Crippen molar-refractivity contribution in [1.29, 1.82) is 0 Å². The minimum absolute atomic E-state index is 0.0420. The molecule has 0 saturated carbocycles. The first-order chi connectivity index (χ1) is 9.80. The Morgan fingerprint density at radius 1 is 1.33 bits per heavy atom. The van der Waals surface area contributed by atoms with Crippen LogP contribution in [-0.4, -0.2) is 32.4 Å². The summed E-state index contributed by atoms with van der Waals surface area (Å²) in [6, 6.07) is 6.77. The Labute approximate surface area is 128 Å². The van der Waals surface area contributed by atoms with Gasteiger partial charge in [0.15, 0.2) is 5.78 Å². The van der Waals surface area contributed by atoms with Gasteiger partial charge in [-0.3, -0.25) is 9.59 Å². The number of rotatable bonds is 5. The second-order valence-electron chi connectivity index (χ2n) is 5.10. The monoisotopic (exact) mass is 329 g/mol. The van der Waals surface area contributed by atoms with E-state index in [1.165, 1.54) is 4.90 Å². The molecule has 0 spiro atoms. The van der Waals surface area contributed by atoms with Crippen molar-refractivity contribution in [2.75, 3.05) is 17.2 Å². The molecule has 1 atom stereocenters. The Morgan fingerprint density at radius 3 is 2.48 bits per heavy atom. The van der Waals surface area contributed by atoms with E-state index in [0.29, 0.717) is 24.2 Å². The molecule has 5 nitrogen and oxygen atoms in total. The van der Waals surface area contributed by atoms with Crippen LogP contribution in [0.1, 0.15) is 30.1 Å². The molecule has 0 radical (unpaired) electrons. The van der Waals surface area contributed by atoms with Crippen LogP contribution >= 0.6 is 10.7 Å². The molecule has 1 fully saturated rings. The molecule has 1 aromatic rings. The Hall–Kier alpha value is -1.40. The summed E-state index contributed by atoms with van der Waals surface area (Å²) < 4.78 is 22.2. The van der Waals surface area contributed by atoms with Gasteiger partial charge in [-0.05, 0) is 24.3 Å². The number of nitrogens with zero attached hydrogens (tertiary/aromatic N) is 1. The fourth-order valence-electron chi connectivity index (χ4n) is 2.46. The first-order valence-electron chi connectivity index (χ1n) is 6.66. The van der Waals surface area contributed by atoms with Crippen molar-refractivity contribution >= 4 is 37.1 Å².